The number of halogens is 1. The number of benzene rings is 1. The minimum absolute atomic E-state index is 0.275. The Morgan fingerprint density at radius 3 is 2.39 bits per heavy atom. The maximum Gasteiger partial charge on any atom is 0.117 e. The second-order valence-corrected chi connectivity index (χ2v) is 4.81. The number of nitrogens with one attached hydrogen (secondary N) is 1. The summed E-state index contributed by atoms with van der Waals surface area (Å²) in [6.45, 7) is 4.96. The molecule has 18 heavy (non-hydrogen) atoms. The van der Waals surface area contributed by atoms with E-state index in [-0.39, 0.29) is 6.04 Å². The second kappa shape index (κ2) is 6.07. The van der Waals surface area contributed by atoms with Gasteiger partial charge in [-0.15, -0.1) is 0 Å². The minimum atomic E-state index is 0.275. The largest absolute Gasteiger partial charge is 0.465 e. The summed E-state index contributed by atoms with van der Waals surface area (Å²) in [4.78, 5) is 0. The van der Waals surface area contributed by atoms with Crippen molar-refractivity contribution in [3.63, 3.8) is 0 Å². The molecule has 2 aromatic rings. The third kappa shape index (κ3) is 3.37. The molecule has 1 aromatic carbocycles. The number of rotatable bonds is 5. The zero-order valence-electron chi connectivity index (χ0n) is 10.7. The molecular weight excluding hydrogens is 246 g/mol. The number of hydrogen-bond acceptors (Lipinski definition) is 2. The zero-order chi connectivity index (χ0) is 13.0. The minimum Gasteiger partial charge on any atom is -0.465 e. The summed E-state index contributed by atoms with van der Waals surface area (Å²) >= 11 is 5.87. The summed E-state index contributed by atoms with van der Waals surface area (Å²) in [5.41, 5.74) is 1.22. The Bertz CT molecular complexity index is 489. The van der Waals surface area contributed by atoms with Crippen LogP contribution in [0, 0.1) is 0 Å². The average molecular weight is 264 g/mol. The molecule has 1 N–H and O–H groups in total. The van der Waals surface area contributed by atoms with E-state index < -0.39 is 0 Å². The van der Waals surface area contributed by atoms with Crippen molar-refractivity contribution in [3.8, 4) is 0 Å². The molecule has 2 rings (SSSR count). The zero-order valence-corrected chi connectivity index (χ0v) is 11.5. The van der Waals surface area contributed by atoms with Crippen LogP contribution in [0.25, 0.3) is 0 Å². The van der Waals surface area contributed by atoms with Crippen LogP contribution in [-0.4, -0.2) is 0 Å². The molecule has 1 atom stereocenters. The first kappa shape index (κ1) is 13.2. The van der Waals surface area contributed by atoms with Gasteiger partial charge in [0.2, 0.25) is 0 Å². The second-order valence-electron chi connectivity index (χ2n) is 4.38. The summed E-state index contributed by atoms with van der Waals surface area (Å²) in [5, 5.41) is 4.20. The Hall–Kier alpha value is -1.25. The Morgan fingerprint density at radius 2 is 1.78 bits per heavy atom. The maximum absolute atomic E-state index is 5.87. The summed E-state index contributed by atoms with van der Waals surface area (Å²) in [6.07, 6.45) is 0.937. The SMILES string of the molecule is CCc1ccc(CN[C@@H](C)c2ccc(Cl)cc2)o1. The van der Waals surface area contributed by atoms with Gasteiger partial charge in [0.25, 0.3) is 0 Å². The van der Waals surface area contributed by atoms with E-state index in [1.807, 2.05) is 36.4 Å². The standard InChI is InChI=1S/C15H18ClNO/c1-3-14-8-9-15(18-14)10-17-11(2)12-4-6-13(16)7-5-12/h4-9,11,17H,3,10H2,1-2H3/t11-/m0/s1. The van der Waals surface area contributed by atoms with Gasteiger partial charge in [0.15, 0.2) is 0 Å². The first-order chi connectivity index (χ1) is 8.69. The molecule has 1 aromatic heterocycles. The van der Waals surface area contributed by atoms with E-state index in [4.69, 9.17) is 16.0 Å². The Morgan fingerprint density at radius 1 is 1.11 bits per heavy atom. The van der Waals surface area contributed by atoms with E-state index >= 15 is 0 Å². The fourth-order valence-electron chi connectivity index (χ4n) is 1.83. The highest BCUT2D eigenvalue weighted by Crippen LogP contribution is 2.17. The van der Waals surface area contributed by atoms with E-state index in [1.165, 1.54) is 5.56 Å². The maximum atomic E-state index is 5.87. The van der Waals surface area contributed by atoms with Crippen LogP contribution in [0.2, 0.25) is 5.02 Å². The van der Waals surface area contributed by atoms with Crippen LogP contribution in [0.1, 0.15) is 37.0 Å². The number of aryl methyl sites for hydroxylation is 1. The van der Waals surface area contributed by atoms with Crippen molar-refractivity contribution in [2.75, 3.05) is 0 Å². The van der Waals surface area contributed by atoms with Gasteiger partial charge >= 0.3 is 0 Å². The van der Waals surface area contributed by atoms with Crippen molar-refractivity contribution in [2.24, 2.45) is 0 Å². The van der Waals surface area contributed by atoms with Gasteiger partial charge in [-0.25, -0.2) is 0 Å². The monoisotopic (exact) mass is 263 g/mol. The highest BCUT2D eigenvalue weighted by atomic mass is 35.5. The first-order valence-corrected chi connectivity index (χ1v) is 6.63. The van der Waals surface area contributed by atoms with Crippen LogP contribution in [0.4, 0.5) is 0 Å². The fourth-order valence-corrected chi connectivity index (χ4v) is 1.96. The van der Waals surface area contributed by atoms with Crippen LogP contribution in [-0.2, 0) is 13.0 Å². The van der Waals surface area contributed by atoms with Crippen molar-refractivity contribution in [1.29, 1.82) is 0 Å². The molecule has 0 saturated carbocycles. The molecule has 2 nitrogen and oxygen atoms in total. The predicted molar refractivity (Wildman–Crippen MR) is 74.8 cm³/mol. The average Bonchev–Trinajstić information content (AvgIpc) is 2.85. The Labute approximate surface area is 113 Å². The van der Waals surface area contributed by atoms with E-state index in [9.17, 15) is 0 Å². The molecule has 0 amide bonds. The highest BCUT2D eigenvalue weighted by molar-refractivity contribution is 6.30. The van der Waals surface area contributed by atoms with Crippen molar-refractivity contribution < 1.29 is 4.42 Å². The lowest BCUT2D eigenvalue weighted by Crippen LogP contribution is -2.17. The number of hydrogen-bond donors (Lipinski definition) is 1. The van der Waals surface area contributed by atoms with Crippen LogP contribution >= 0.6 is 11.6 Å². The fraction of sp³-hybridized carbons (Fsp3) is 0.333. The molecule has 0 radical (unpaired) electrons. The van der Waals surface area contributed by atoms with Gasteiger partial charge in [-0.3, -0.25) is 0 Å². The Kier molecular flexibility index (Phi) is 4.45. The first-order valence-electron chi connectivity index (χ1n) is 6.25. The molecule has 0 aliphatic rings. The van der Waals surface area contributed by atoms with Gasteiger partial charge in [-0.1, -0.05) is 30.7 Å². The van der Waals surface area contributed by atoms with E-state index in [2.05, 4.69) is 19.2 Å². The van der Waals surface area contributed by atoms with Gasteiger partial charge in [0.1, 0.15) is 11.5 Å². The molecule has 3 heteroatoms. The summed E-state index contributed by atoms with van der Waals surface area (Å²) < 4.78 is 5.65. The number of furan rings is 1. The van der Waals surface area contributed by atoms with E-state index in [0.29, 0.717) is 0 Å². The predicted octanol–water partition coefficient (Wildman–Crippen LogP) is 4.35. The van der Waals surface area contributed by atoms with Crippen molar-refractivity contribution >= 4 is 11.6 Å². The van der Waals surface area contributed by atoms with Gasteiger partial charge in [-0.05, 0) is 36.8 Å². The Balaban J connectivity index is 1.91. The molecule has 0 fully saturated rings. The normalized spacial score (nSPS) is 12.6. The highest BCUT2D eigenvalue weighted by Gasteiger charge is 2.06. The lowest BCUT2D eigenvalue weighted by Gasteiger charge is -2.13. The van der Waals surface area contributed by atoms with Crippen molar-refractivity contribution in [1.82, 2.24) is 5.32 Å². The van der Waals surface area contributed by atoms with Crippen molar-refractivity contribution in [2.45, 2.75) is 32.9 Å². The molecule has 0 saturated heterocycles. The van der Waals surface area contributed by atoms with Crippen LogP contribution in [0.15, 0.2) is 40.8 Å². The molecule has 1 heterocycles. The molecule has 0 spiro atoms. The van der Waals surface area contributed by atoms with Gasteiger partial charge in [0, 0.05) is 17.5 Å². The summed E-state index contributed by atoms with van der Waals surface area (Å²) in [7, 11) is 0. The van der Waals surface area contributed by atoms with Crippen LogP contribution in [0.5, 0.6) is 0 Å². The third-order valence-electron chi connectivity index (χ3n) is 3.02. The van der Waals surface area contributed by atoms with E-state index in [1.54, 1.807) is 0 Å². The summed E-state index contributed by atoms with van der Waals surface area (Å²) in [6, 6.07) is 12.2. The third-order valence-corrected chi connectivity index (χ3v) is 3.27. The topological polar surface area (TPSA) is 25.2 Å². The van der Waals surface area contributed by atoms with Gasteiger partial charge in [0.05, 0.1) is 6.54 Å². The smallest absolute Gasteiger partial charge is 0.117 e. The molecule has 0 aliphatic carbocycles. The molecule has 96 valence electrons. The molecule has 0 bridgehead atoms. The van der Waals surface area contributed by atoms with Crippen molar-refractivity contribution in [3.05, 3.63) is 58.5 Å². The quantitative estimate of drug-likeness (QED) is 0.868. The van der Waals surface area contributed by atoms with Crippen LogP contribution in [0.3, 0.4) is 0 Å². The molecule has 0 unspecified atom stereocenters. The lowest BCUT2D eigenvalue weighted by molar-refractivity contribution is 0.435. The molecule has 0 aliphatic heterocycles. The van der Waals surface area contributed by atoms with Crippen LogP contribution < -0.4 is 5.32 Å². The lowest BCUT2D eigenvalue weighted by atomic mass is 10.1. The molecular formula is C15H18ClNO. The van der Waals surface area contributed by atoms with Gasteiger partial charge in [-0.2, -0.15) is 0 Å². The van der Waals surface area contributed by atoms with Gasteiger partial charge < -0.3 is 9.73 Å². The summed E-state index contributed by atoms with van der Waals surface area (Å²) in [5.74, 6) is 2.01. The van der Waals surface area contributed by atoms with E-state index in [0.717, 1.165) is 29.5 Å².